The molecule has 28 heavy (non-hydrogen) atoms. The van der Waals surface area contributed by atoms with Gasteiger partial charge >= 0.3 is 6.36 Å². The fourth-order valence-electron chi connectivity index (χ4n) is 3.13. The molecule has 0 bridgehead atoms. The van der Waals surface area contributed by atoms with Gasteiger partial charge in [-0.1, -0.05) is 18.2 Å². The number of benzene rings is 2. The lowest BCUT2D eigenvalue weighted by Gasteiger charge is -2.26. The van der Waals surface area contributed by atoms with Gasteiger partial charge < -0.3 is 14.4 Å². The van der Waals surface area contributed by atoms with Gasteiger partial charge in [-0.2, -0.15) is 0 Å². The maximum atomic E-state index is 14.4. The number of rotatable bonds is 5. The summed E-state index contributed by atoms with van der Waals surface area (Å²) < 4.78 is 60.1. The van der Waals surface area contributed by atoms with Gasteiger partial charge in [0.1, 0.15) is 17.3 Å². The molecule has 1 atom stereocenters. The molecule has 1 heterocycles. The number of likely N-dealkylation sites (tertiary alicyclic amines) is 1. The first-order chi connectivity index (χ1) is 13.2. The lowest BCUT2D eigenvalue weighted by atomic mass is 10.0. The minimum Gasteiger partial charge on any atom is -0.496 e. The standard InChI is InChI=1S/C19H15F4NO4/c1-27-16-4-2-3-13(20)17(16)14-9-15(25)18(26)24(14)10-11-5-7-12(8-6-11)28-19(21,22)23/h2-8,14H,9-10H2,1H3. The van der Waals surface area contributed by atoms with Crippen molar-refractivity contribution in [3.05, 3.63) is 59.4 Å². The summed E-state index contributed by atoms with van der Waals surface area (Å²) in [6, 6.07) is 8.18. The molecule has 0 radical (unpaired) electrons. The Labute approximate surface area is 157 Å². The number of methoxy groups -OCH3 is 1. The Hall–Kier alpha value is -3.10. The van der Waals surface area contributed by atoms with Crippen LogP contribution in [0.2, 0.25) is 0 Å². The van der Waals surface area contributed by atoms with E-state index in [-0.39, 0.29) is 24.3 Å². The molecule has 148 valence electrons. The molecule has 5 nitrogen and oxygen atoms in total. The first kappa shape index (κ1) is 19.7. The molecule has 1 unspecified atom stereocenters. The van der Waals surface area contributed by atoms with Crippen LogP contribution in [0.25, 0.3) is 0 Å². The molecule has 0 saturated carbocycles. The number of halogens is 4. The van der Waals surface area contributed by atoms with E-state index in [1.165, 1.54) is 42.3 Å². The van der Waals surface area contributed by atoms with Crippen molar-refractivity contribution in [3.8, 4) is 11.5 Å². The van der Waals surface area contributed by atoms with E-state index in [9.17, 15) is 27.2 Å². The van der Waals surface area contributed by atoms with Gasteiger partial charge in [0, 0.05) is 13.0 Å². The summed E-state index contributed by atoms with van der Waals surface area (Å²) in [5, 5.41) is 0. The fraction of sp³-hybridized carbons (Fsp3) is 0.263. The highest BCUT2D eigenvalue weighted by atomic mass is 19.4. The Bertz CT molecular complexity index is 896. The van der Waals surface area contributed by atoms with Gasteiger partial charge in [-0.3, -0.25) is 9.59 Å². The number of amides is 1. The smallest absolute Gasteiger partial charge is 0.496 e. The molecule has 3 rings (SSSR count). The summed E-state index contributed by atoms with van der Waals surface area (Å²) in [7, 11) is 1.35. The van der Waals surface area contributed by atoms with Crippen molar-refractivity contribution in [2.24, 2.45) is 0 Å². The second kappa shape index (κ2) is 7.49. The molecule has 0 spiro atoms. The van der Waals surface area contributed by atoms with Crippen LogP contribution in [0.1, 0.15) is 23.6 Å². The number of nitrogens with zero attached hydrogens (tertiary/aromatic N) is 1. The summed E-state index contributed by atoms with van der Waals surface area (Å²) in [6.45, 7) is -0.0843. The Morgan fingerprint density at radius 3 is 2.39 bits per heavy atom. The molecule has 1 fully saturated rings. The monoisotopic (exact) mass is 397 g/mol. The minimum atomic E-state index is -4.81. The van der Waals surface area contributed by atoms with E-state index in [4.69, 9.17) is 4.74 Å². The molecule has 9 heteroatoms. The topological polar surface area (TPSA) is 55.8 Å². The third kappa shape index (κ3) is 4.08. The maximum absolute atomic E-state index is 14.4. The predicted octanol–water partition coefficient (Wildman–Crippen LogP) is 3.78. The van der Waals surface area contributed by atoms with E-state index < -0.39 is 35.7 Å². The number of alkyl halides is 3. The number of carbonyl (C=O) groups excluding carboxylic acids is 2. The molecule has 2 aromatic rings. The average Bonchev–Trinajstić information content (AvgIpc) is 2.90. The second-order valence-corrected chi connectivity index (χ2v) is 6.12. The van der Waals surface area contributed by atoms with Gasteiger partial charge in [0.15, 0.2) is 0 Å². The number of ether oxygens (including phenoxy) is 2. The Balaban J connectivity index is 1.87. The Kier molecular flexibility index (Phi) is 5.26. The molecule has 1 aliphatic heterocycles. The Morgan fingerprint density at radius 2 is 1.79 bits per heavy atom. The minimum absolute atomic E-state index is 0.0843. The van der Waals surface area contributed by atoms with Crippen LogP contribution < -0.4 is 9.47 Å². The SMILES string of the molecule is COc1cccc(F)c1C1CC(=O)C(=O)N1Cc1ccc(OC(F)(F)F)cc1. The first-order valence-electron chi connectivity index (χ1n) is 8.20. The molecular weight excluding hydrogens is 382 g/mol. The Morgan fingerprint density at radius 1 is 1.11 bits per heavy atom. The van der Waals surface area contributed by atoms with Crippen molar-refractivity contribution in [3.63, 3.8) is 0 Å². The third-order valence-electron chi connectivity index (χ3n) is 4.33. The normalized spacial score (nSPS) is 17.2. The zero-order chi connectivity index (χ0) is 20.5. The summed E-state index contributed by atoms with van der Waals surface area (Å²) in [5.74, 6) is -2.29. The van der Waals surface area contributed by atoms with Crippen molar-refractivity contribution >= 4 is 11.7 Å². The van der Waals surface area contributed by atoms with E-state index >= 15 is 0 Å². The van der Waals surface area contributed by atoms with E-state index in [0.717, 1.165) is 12.1 Å². The molecule has 0 N–H and O–H groups in total. The quantitative estimate of drug-likeness (QED) is 0.569. The number of Topliss-reactive ketones (excluding diaryl/α,β-unsaturated/α-hetero) is 1. The fourth-order valence-corrected chi connectivity index (χ4v) is 3.13. The van der Waals surface area contributed by atoms with Gasteiger partial charge in [-0.15, -0.1) is 13.2 Å². The zero-order valence-electron chi connectivity index (χ0n) is 14.6. The van der Waals surface area contributed by atoms with Crippen LogP contribution in [0.15, 0.2) is 42.5 Å². The highest BCUT2D eigenvalue weighted by Crippen LogP contribution is 2.39. The van der Waals surface area contributed by atoms with Crippen molar-refractivity contribution in [2.75, 3.05) is 7.11 Å². The molecule has 2 aromatic carbocycles. The van der Waals surface area contributed by atoms with Crippen LogP contribution in [-0.4, -0.2) is 30.1 Å². The van der Waals surface area contributed by atoms with Crippen molar-refractivity contribution in [2.45, 2.75) is 25.4 Å². The van der Waals surface area contributed by atoms with Gasteiger partial charge in [0.2, 0.25) is 5.78 Å². The lowest BCUT2D eigenvalue weighted by molar-refractivity contribution is -0.274. The molecule has 1 aliphatic rings. The zero-order valence-corrected chi connectivity index (χ0v) is 14.6. The van der Waals surface area contributed by atoms with Gasteiger partial charge in [-0.05, 0) is 29.8 Å². The predicted molar refractivity (Wildman–Crippen MR) is 89.0 cm³/mol. The van der Waals surface area contributed by atoms with Crippen LogP contribution in [0, 0.1) is 5.82 Å². The first-order valence-corrected chi connectivity index (χ1v) is 8.20. The molecule has 1 amide bonds. The number of hydrogen-bond acceptors (Lipinski definition) is 4. The highest BCUT2D eigenvalue weighted by Gasteiger charge is 2.41. The highest BCUT2D eigenvalue weighted by molar-refractivity contribution is 6.38. The van der Waals surface area contributed by atoms with Crippen LogP contribution in [0.3, 0.4) is 0 Å². The molecular formula is C19H15F4NO4. The van der Waals surface area contributed by atoms with Crippen LogP contribution in [0.4, 0.5) is 17.6 Å². The van der Waals surface area contributed by atoms with Crippen LogP contribution in [0.5, 0.6) is 11.5 Å². The summed E-state index contributed by atoms with van der Waals surface area (Å²) in [6.07, 6.45) is -5.03. The van der Waals surface area contributed by atoms with Gasteiger partial charge in [0.05, 0.1) is 18.7 Å². The third-order valence-corrected chi connectivity index (χ3v) is 4.33. The second-order valence-electron chi connectivity index (χ2n) is 6.12. The lowest BCUT2D eigenvalue weighted by Crippen LogP contribution is -2.29. The van der Waals surface area contributed by atoms with E-state index in [1.54, 1.807) is 0 Å². The number of carbonyl (C=O) groups is 2. The number of hydrogen-bond donors (Lipinski definition) is 0. The molecule has 1 saturated heterocycles. The number of ketones is 1. The van der Waals surface area contributed by atoms with Gasteiger partial charge in [0.25, 0.3) is 5.91 Å². The van der Waals surface area contributed by atoms with Crippen LogP contribution in [-0.2, 0) is 16.1 Å². The van der Waals surface area contributed by atoms with Gasteiger partial charge in [-0.25, -0.2) is 4.39 Å². The summed E-state index contributed by atoms with van der Waals surface area (Å²) >= 11 is 0. The van der Waals surface area contributed by atoms with Crippen molar-refractivity contribution in [1.82, 2.24) is 4.90 Å². The van der Waals surface area contributed by atoms with E-state index in [1.807, 2.05) is 0 Å². The largest absolute Gasteiger partial charge is 0.573 e. The van der Waals surface area contributed by atoms with E-state index in [2.05, 4.69) is 4.74 Å². The van der Waals surface area contributed by atoms with Crippen LogP contribution >= 0.6 is 0 Å². The van der Waals surface area contributed by atoms with Crippen molar-refractivity contribution < 1.29 is 36.6 Å². The molecule has 0 aromatic heterocycles. The average molecular weight is 397 g/mol. The summed E-state index contributed by atoms with van der Waals surface area (Å²) in [5.41, 5.74) is 0.541. The summed E-state index contributed by atoms with van der Waals surface area (Å²) in [4.78, 5) is 25.5. The maximum Gasteiger partial charge on any atom is 0.573 e. The van der Waals surface area contributed by atoms with Crippen molar-refractivity contribution in [1.29, 1.82) is 0 Å². The van der Waals surface area contributed by atoms with E-state index in [0.29, 0.717) is 5.56 Å². The molecule has 0 aliphatic carbocycles.